The summed E-state index contributed by atoms with van der Waals surface area (Å²) in [5, 5.41) is 4.37. The van der Waals surface area contributed by atoms with Crippen LogP contribution in [0.5, 0.6) is 0 Å². The molecule has 6 nitrogen and oxygen atoms in total. The Kier molecular flexibility index (Phi) is 4.66. The van der Waals surface area contributed by atoms with Gasteiger partial charge in [0.05, 0.1) is 17.3 Å². The van der Waals surface area contributed by atoms with Crippen LogP contribution in [0.2, 0.25) is 0 Å². The average Bonchev–Trinajstić information content (AvgIpc) is 3.11. The van der Waals surface area contributed by atoms with E-state index in [4.69, 9.17) is 0 Å². The first-order chi connectivity index (χ1) is 12.6. The zero-order valence-corrected chi connectivity index (χ0v) is 15.4. The first-order valence-corrected chi connectivity index (χ1v) is 9.65. The minimum absolute atomic E-state index is 0.100. The third kappa shape index (κ3) is 3.20. The molecule has 2 aliphatic heterocycles. The number of carbonyl (C=O) groups excluding carboxylic acids is 2. The van der Waals surface area contributed by atoms with Crippen LogP contribution in [0.1, 0.15) is 60.9 Å². The summed E-state index contributed by atoms with van der Waals surface area (Å²) in [5.74, 6) is 0.691. The third-order valence-electron chi connectivity index (χ3n) is 5.83. The second-order valence-electron chi connectivity index (χ2n) is 7.48. The van der Waals surface area contributed by atoms with E-state index in [0.29, 0.717) is 11.5 Å². The van der Waals surface area contributed by atoms with Gasteiger partial charge in [-0.3, -0.25) is 9.59 Å². The highest BCUT2D eigenvalue weighted by Crippen LogP contribution is 2.29. The molecule has 2 aromatic heterocycles. The van der Waals surface area contributed by atoms with Crippen LogP contribution in [0, 0.1) is 0 Å². The van der Waals surface area contributed by atoms with Gasteiger partial charge in [0.1, 0.15) is 0 Å². The summed E-state index contributed by atoms with van der Waals surface area (Å²) in [6.07, 6.45) is 8.99. The van der Waals surface area contributed by atoms with Gasteiger partial charge in [0.25, 0.3) is 5.91 Å². The fourth-order valence-corrected chi connectivity index (χ4v) is 4.21. The lowest BCUT2D eigenvalue weighted by Crippen LogP contribution is -2.36. The van der Waals surface area contributed by atoms with E-state index in [2.05, 4.69) is 17.2 Å². The molecule has 0 radical (unpaired) electrons. The number of carbonyl (C=O) groups is 2. The molecule has 26 heavy (non-hydrogen) atoms. The van der Waals surface area contributed by atoms with Gasteiger partial charge >= 0.3 is 0 Å². The highest BCUT2D eigenvalue weighted by atomic mass is 16.2. The molecule has 0 aliphatic carbocycles. The summed E-state index contributed by atoms with van der Waals surface area (Å²) in [6, 6.07) is 4.22. The molecule has 4 heterocycles. The van der Waals surface area contributed by atoms with Crippen molar-refractivity contribution in [1.82, 2.24) is 19.4 Å². The Labute approximate surface area is 153 Å². The first-order valence-electron chi connectivity index (χ1n) is 9.65. The van der Waals surface area contributed by atoms with Crippen LogP contribution in [0.4, 0.5) is 0 Å². The van der Waals surface area contributed by atoms with Gasteiger partial charge in [-0.15, -0.1) is 0 Å². The third-order valence-corrected chi connectivity index (χ3v) is 5.83. The molecule has 0 aromatic carbocycles. The molecule has 0 bridgehead atoms. The molecular formula is C20H26N4O2. The zero-order chi connectivity index (χ0) is 18.1. The van der Waals surface area contributed by atoms with Crippen molar-refractivity contribution in [3.05, 3.63) is 35.7 Å². The van der Waals surface area contributed by atoms with E-state index >= 15 is 0 Å². The normalized spacial score (nSPS) is 19.1. The molecular weight excluding hydrogens is 328 g/mol. The van der Waals surface area contributed by atoms with Crippen LogP contribution in [0.15, 0.2) is 24.5 Å². The number of piperidine rings is 2. The van der Waals surface area contributed by atoms with Crippen molar-refractivity contribution in [1.29, 1.82) is 0 Å². The van der Waals surface area contributed by atoms with Crippen LogP contribution in [-0.4, -0.2) is 57.4 Å². The molecule has 2 aliphatic rings. The molecule has 2 amide bonds. The number of hydrogen-bond donors (Lipinski definition) is 0. The lowest BCUT2D eigenvalue weighted by Gasteiger charge is -2.31. The van der Waals surface area contributed by atoms with Crippen molar-refractivity contribution >= 4 is 17.3 Å². The Morgan fingerprint density at radius 3 is 2.46 bits per heavy atom. The summed E-state index contributed by atoms with van der Waals surface area (Å²) in [4.78, 5) is 28.3. The van der Waals surface area contributed by atoms with Crippen LogP contribution in [0.25, 0.3) is 5.52 Å². The predicted molar refractivity (Wildman–Crippen MR) is 99.2 cm³/mol. The average molecular weight is 354 g/mol. The molecule has 2 aromatic rings. The summed E-state index contributed by atoms with van der Waals surface area (Å²) in [7, 11) is 0. The van der Waals surface area contributed by atoms with Gasteiger partial charge in [-0.2, -0.15) is 5.10 Å². The van der Waals surface area contributed by atoms with Crippen LogP contribution in [0.3, 0.4) is 0 Å². The lowest BCUT2D eigenvalue weighted by molar-refractivity contribution is -0.129. The molecule has 6 heteroatoms. The van der Waals surface area contributed by atoms with E-state index in [1.165, 1.54) is 12.0 Å². The predicted octanol–water partition coefficient (Wildman–Crippen LogP) is 2.69. The summed E-state index contributed by atoms with van der Waals surface area (Å²) >= 11 is 0. The number of pyridine rings is 1. The van der Waals surface area contributed by atoms with Crippen LogP contribution >= 0.6 is 0 Å². The lowest BCUT2D eigenvalue weighted by atomic mass is 9.89. The van der Waals surface area contributed by atoms with Crippen molar-refractivity contribution < 1.29 is 9.59 Å². The quantitative estimate of drug-likeness (QED) is 0.833. The van der Waals surface area contributed by atoms with Gasteiger partial charge in [-0.05, 0) is 55.7 Å². The summed E-state index contributed by atoms with van der Waals surface area (Å²) in [5.41, 5.74) is 2.84. The minimum Gasteiger partial charge on any atom is -0.343 e. The standard InChI is InChI=1S/C20H26N4O2/c1-15(25)22-10-5-16(6-11-22)17-7-12-24-19(13-17)18(14-21-24)20(26)23-8-3-2-4-9-23/h7,12-14,16H,2-6,8-11H2,1H3. The molecule has 0 N–H and O–H groups in total. The number of aromatic nitrogens is 2. The molecule has 0 saturated carbocycles. The Morgan fingerprint density at radius 2 is 1.77 bits per heavy atom. The number of fused-ring (bicyclic) bond motifs is 1. The second kappa shape index (κ2) is 7.09. The Bertz CT molecular complexity index is 814. The zero-order valence-electron chi connectivity index (χ0n) is 15.4. The Balaban J connectivity index is 1.57. The summed E-state index contributed by atoms with van der Waals surface area (Å²) < 4.78 is 1.80. The molecule has 2 fully saturated rings. The van der Waals surface area contributed by atoms with Crippen molar-refractivity contribution in [2.45, 2.75) is 44.9 Å². The van der Waals surface area contributed by atoms with Crippen LogP contribution in [-0.2, 0) is 4.79 Å². The van der Waals surface area contributed by atoms with Gasteiger partial charge in [0, 0.05) is 39.3 Å². The topological polar surface area (TPSA) is 57.9 Å². The number of nitrogens with zero attached hydrogens (tertiary/aromatic N) is 4. The maximum absolute atomic E-state index is 12.9. The fraction of sp³-hybridized carbons (Fsp3) is 0.550. The van der Waals surface area contributed by atoms with E-state index in [0.717, 1.165) is 57.4 Å². The molecule has 138 valence electrons. The van der Waals surface area contributed by atoms with E-state index < -0.39 is 0 Å². The van der Waals surface area contributed by atoms with E-state index in [1.54, 1.807) is 17.6 Å². The maximum atomic E-state index is 12.9. The van der Waals surface area contributed by atoms with Crippen molar-refractivity contribution in [3.63, 3.8) is 0 Å². The monoisotopic (exact) mass is 354 g/mol. The highest BCUT2D eigenvalue weighted by Gasteiger charge is 2.24. The molecule has 0 spiro atoms. The van der Waals surface area contributed by atoms with E-state index in [-0.39, 0.29) is 11.8 Å². The smallest absolute Gasteiger partial charge is 0.257 e. The first kappa shape index (κ1) is 17.1. The molecule has 0 atom stereocenters. The van der Waals surface area contributed by atoms with Gasteiger partial charge in [0.2, 0.25) is 5.91 Å². The Hall–Kier alpha value is -2.37. The van der Waals surface area contributed by atoms with E-state index in [1.807, 2.05) is 16.0 Å². The number of hydrogen-bond acceptors (Lipinski definition) is 3. The molecule has 0 unspecified atom stereocenters. The summed E-state index contributed by atoms with van der Waals surface area (Å²) in [6.45, 7) is 4.95. The maximum Gasteiger partial charge on any atom is 0.257 e. The highest BCUT2D eigenvalue weighted by molar-refractivity contribution is 6.00. The SMILES string of the molecule is CC(=O)N1CCC(c2ccn3ncc(C(=O)N4CCCCC4)c3c2)CC1. The van der Waals surface area contributed by atoms with Gasteiger partial charge in [-0.25, -0.2) is 4.52 Å². The number of amides is 2. The van der Waals surface area contributed by atoms with Gasteiger partial charge in [-0.1, -0.05) is 0 Å². The van der Waals surface area contributed by atoms with E-state index in [9.17, 15) is 9.59 Å². The fourth-order valence-electron chi connectivity index (χ4n) is 4.21. The number of rotatable bonds is 2. The van der Waals surface area contributed by atoms with Crippen LogP contribution < -0.4 is 0 Å². The molecule has 4 rings (SSSR count). The molecule has 2 saturated heterocycles. The van der Waals surface area contributed by atoms with Crippen molar-refractivity contribution in [2.75, 3.05) is 26.2 Å². The van der Waals surface area contributed by atoms with Crippen molar-refractivity contribution in [2.24, 2.45) is 0 Å². The second-order valence-corrected chi connectivity index (χ2v) is 7.48. The van der Waals surface area contributed by atoms with Crippen molar-refractivity contribution in [3.8, 4) is 0 Å². The number of likely N-dealkylation sites (tertiary alicyclic amines) is 2. The van der Waals surface area contributed by atoms with Gasteiger partial charge in [0.15, 0.2) is 0 Å². The Morgan fingerprint density at radius 1 is 1.04 bits per heavy atom. The largest absolute Gasteiger partial charge is 0.343 e. The van der Waals surface area contributed by atoms with Gasteiger partial charge < -0.3 is 9.80 Å². The minimum atomic E-state index is 0.100.